The Morgan fingerprint density at radius 3 is 2.64 bits per heavy atom. The van der Waals surface area contributed by atoms with Crippen molar-refractivity contribution in [3.63, 3.8) is 0 Å². The van der Waals surface area contributed by atoms with Gasteiger partial charge in [-0.2, -0.15) is 0 Å². The third-order valence-corrected chi connectivity index (χ3v) is 6.66. The van der Waals surface area contributed by atoms with E-state index < -0.39 is 0 Å². The number of hydrogen-bond donors (Lipinski definition) is 1. The first-order valence-corrected chi connectivity index (χ1v) is 10.3. The van der Waals surface area contributed by atoms with Gasteiger partial charge < -0.3 is 9.64 Å². The van der Waals surface area contributed by atoms with Gasteiger partial charge in [-0.25, -0.2) is 5.43 Å². The highest BCUT2D eigenvalue weighted by molar-refractivity contribution is 5.92. The smallest absolute Gasteiger partial charge is 0.294 e. The highest BCUT2D eigenvalue weighted by Gasteiger charge is 2.40. The monoisotopic (exact) mass is 382 g/mol. The van der Waals surface area contributed by atoms with E-state index >= 15 is 0 Å². The van der Waals surface area contributed by atoms with Crippen molar-refractivity contribution in [3.8, 4) is 0 Å². The van der Waals surface area contributed by atoms with E-state index in [1.807, 2.05) is 18.2 Å². The largest absolute Gasteiger partial charge is 0.378 e. The molecule has 2 aliphatic carbocycles. The molecule has 2 saturated carbocycles. The maximum Gasteiger partial charge on any atom is 0.294 e. The van der Waals surface area contributed by atoms with Gasteiger partial charge in [0.2, 0.25) is 5.91 Å². The van der Waals surface area contributed by atoms with E-state index in [1.54, 1.807) is 6.07 Å². The first kappa shape index (κ1) is 17.7. The molecule has 0 spiro atoms. The molecule has 5 rings (SSSR count). The van der Waals surface area contributed by atoms with E-state index in [0.29, 0.717) is 49.9 Å². The predicted octanol–water partition coefficient (Wildman–Crippen LogP) is 2.13. The van der Waals surface area contributed by atoms with Gasteiger partial charge >= 0.3 is 0 Å². The zero-order chi connectivity index (χ0) is 19.1. The van der Waals surface area contributed by atoms with Crippen LogP contribution in [0.15, 0.2) is 29.1 Å². The number of benzene rings is 1. The molecule has 2 bridgehead atoms. The first-order chi connectivity index (χ1) is 13.7. The number of aromatic nitrogens is 2. The Kier molecular flexibility index (Phi) is 4.55. The van der Waals surface area contributed by atoms with Gasteiger partial charge in [0, 0.05) is 24.9 Å². The molecule has 3 fully saturated rings. The molecular weight excluding hydrogens is 356 g/mol. The van der Waals surface area contributed by atoms with Gasteiger partial charge in [0.05, 0.1) is 18.6 Å². The lowest BCUT2D eigenvalue weighted by atomic mass is 9.86. The predicted molar refractivity (Wildman–Crippen MR) is 107 cm³/mol. The maximum absolute atomic E-state index is 12.9. The summed E-state index contributed by atoms with van der Waals surface area (Å²) in [6, 6.07) is 7.46. The van der Waals surface area contributed by atoms with Crippen LogP contribution >= 0.6 is 0 Å². The maximum atomic E-state index is 12.9. The summed E-state index contributed by atoms with van der Waals surface area (Å²) in [6.07, 6.45) is 5.47. The zero-order valence-electron chi connectivity index (χ0n) is 16.0. The third-order valence-electron chi connectivity index (χ3n) is 6.66. The Balaban J connectivity index is 1.42. The fraction of sp³-hybridized carbons (Fsp3) is 0.571. The molecule has 2 heterocycles. The van der Waals surface area contributed by atoms with Crippen molar-refractivity contribution in [2.75, 3.05) is 36.6 Å². The van der Waals surface area contributed by atoms with E-state index in [2.05, 4.69) is 15.4 Å². The highest BCUT2D eigenvalue weighted by Crippen LogP contribution is 2.49. The molecule has 148 valence electrons. The summed E-state index contributed by atoms with van der Waals surface area (Å²) in [5.41, 5.74) is 2.48. The highest BCUT2D eigenvalue weighted by atomic mass is 16.5. The molecule has 1 amide bonds. The fourth-order valence-electron chi connectivity index (χ4n) is 5.29. The van der Waals surface area contributed by atoms with Gasteiger partial charge in [0.1, 0.15) is 0 Å². The molecule has 3 aliphatic rings. The van der Waals surface area contributed by atoms with Crippen LogP contribution in [-0.4, -0.2) is 42.1 Å². The molecule has 0 unspecified atom stereocenters. The fourth-order valence-corrected chi connectivity index (χ4v) is 5.29. The van der Waals surface area contributed by atoms with Gasteiger partial charge in [-0.3, -0.25) is 9.59 Å². The lowest BCUT2D eigenvalue weighted by Gasteiger charge is -2.29. The molecule has 2 aromatic rings. The van der Waals surface area contributed by atoms with Gasteiger partial charge in [-0.05, 0) is 43.1 Å². The number of nitrogens with zero attached hydrogens (tertiary/aromatic N) is 3. The number of fused-ring (bicyclic) bond motifs is 3. The molecule has 1 N–H and O–H groups in total. The van der Waals surface area contributed by atoms with E-state index in [4.69, 9.17) is 4.74 Å². The van der Waals surface area contributed by atoms with Gasteiger partial charge in [-0.15, -0.1) is 9.89 Å². The number of anilines is 1. The summed E-state index contributed by atoms with van der Waals surface area (Å²) < 4.78 is 5.44. The number of ether oxygens (including phenoxy) is 1. The van der Waals surface area contributed by atoms with Crippen LogP contribution in [0.4, 0.5) is 5.82 Å². The average Bonchev–Trinajstić information content (AvgIpc) is 3.34. The minimum absolute atomic E-state index is 0.115. The Morgan fingerprint density at radius 2 is 1.93 bits per heavy atom. The van der Waals surface area contributed by atoms with Gasteiger partial charge in [0.15, 0.2) is 5.82 Å². The van der Waals surface area contributed by atoms with Crippen molar-refractivity contribution >= 4 is 22.5 Å². The molecule has 0 radical (unpaired) electrons. The topological polar surface area (TPSA) is 76.5 Å². The molecular formula is C21H26N4O3. The lowest BCUT2D eigenvalue weighted by Crippen LogP contribution is -2.41. The molecule has 28 heavy (non-hydrogen) atoms. The quantitative estimate of drug-likeness (QED) is 0.877. The second-order valence-corrected chi connectivity index (χ2v) is 8.36. The lowest BCUT2D eigenvalue weighted by molar-refractivity contribution is -0.118. The van der Waals surface area contributed by atoms with Crippen LogP contribution < -0.4 is 15.9 Å². The molecule has 1 aliphatic heterocycles. The summed E-state index contributed by atoms with van der Waals surface area (Å²) in [5, 5.41) is 5.91. The van der Waals surface area contributed by atoms with Crippen molar-refractivity contribution < 1.29 is 9.53 Å². The third kappa shape index (κ3) is 3.17. The van der Waals surface area contributed by atoms with Crippen LogP contribution in [0.5, 0.6) is 0 Å². The molecule has 1 aromatic carbocycles. The summed E-state index contributed by atoms with van der Waals surface area (Å²) in [6.45, 7) is 2.69. The Bertz CT molecular complexity index is 950. The molecule has 3 atom stereocenters. The Labute approximate surface area is 163 Å². The number of nitrogens with one attached hydrogen (secondary N) is 1. The Morgan fingerprint density at radius 1 is 1.14 bits per heavy atom. The minimum Gasteiger partial charge on any atom is -0.378 e. The van der Waals surface area contributed by atoms with Crippen LogP contribution in [0.2, 0.25) is 0 Å². The van der Waals surface area contributed by atoms with Crippen LogP contribution in [0.1, 0.15) is 32.1 Å². The van der Waals surface area contributed by atoms with E-state index in [1.165, 1.54) is 19.3 Å². The second-order valence-electron chi connectivity index (χ2n) is 8.36. The van der Waals surface area contributed by atoms with Crippen molar-refractivity contribution in [2.45, 2.75) is 32.1 Å². The van der Waals surface area contributed by atoms with Crippen molar-refractivity contribution in [1.82, 2.24) is 9.89 Å². The molecule has 7 nitrogen and oxygen atoms in total. The Hall–Kier alpha value is -2.41. The van der Waals surface area contributed by atoms with Crippen LogP contribution in [0.25, 0.3) is 10.8 Å². The number of carbonyl (C=O) groups excluding carboxylic acids is 1. The van der Waals surface area contributed by atoms with Crippen molar-refractivity contribution in [2.24, 2.45) is 17.8 Å². The van der Waals surface area contributed by atoms with Crippen LogP contribution in [-0.2, 0) is 9.53 Å². The van der Waals surface area contributed by atoms with Crippen molar-refractivity contribution in [3.05, 3.63) is 34.6 Å². The number of morpholine rings is 1. The van der Waals surface area contributed by atoms with E-state index in [-0.39, 0.29) is 11.5 Å². The van der Waals surface area contributed by atoms with Crippen LogP contribution in [0, 0.1) is 17.8 Å². The number of amides is 1. The van der Waals surface area contributed by atoms with Gasteiger partial charge in [0.25, 0.3) is 5.56 Å². The normalized spacial score (nSPS) is 26.7. The van der Waals surface area contributed by atoms with E-state index in [9.17, 15) is 9.59 Å². The molecule has 7 heteroatoms. The SMILES string of the molecule is O=C(C[C@H]1C[C@@H]2CC[C@H]1C2)Nn1nc(N2CCOCC2)c2ccccc2c1=O. The summed E-state index contributed by atoms with van der Waals surface area (Å²) in [4.78, 5) is 28.8. The number of carbonyl (C=O) groups is 1. The van der Waals surface area contributed by atoms with Crippen LogP contribution in [0.3, 0.4) is 0 Å². The number of hydrogen-bond acceptors (Lipinski definition) is 5. The summed E-state index contributed by atoms with van der Waals surface area (Å²) in [7, 11) is 0. The van der Waals surface area contributed by atoms with Crippen molar-refractivity contribution in [1.29, 1.82) is 0 Å². The molecule has 1 aromatic heterocycles. The minimum atomic E-state index is -0.283. The van der Waals surface area contributed by atoms with Gasteiger partial charge in [-0.1, -0.05) is 24.6 Å². The average molecular weight is 382 g/mol. The number of rotatable bonds is 4. The zero-order valence-corrected chi connectivity index (χ0v) is 16.0. The standard InChI is InChI=1S/C21H26N4O3/c26-19(13-16-12-14-5-6-15(16)11-14)22-25-21(27)18-4-2-1-3-17(18)20(23-25)24-7-9-28-10-8-24/h1-4,14-16H,5-13H2,(H,22,26)/t14-,15+,16-/m1/s1. The summed E-state index contributed by atoms with van der Waals surface area (Å²) in [5.74, 6) is 2.54. The second kappa shape index (κ2) is 7.20. The first-order valence-electron chi connectivity index (χ1n) is 10.3. The molecule has 1 saturated heterocycles. The summed E-state index contributed by atoms with van der Waals surface area (Å²) >= 11 is 0. The van der Waals surface area contributed by atoms with E-state index in [0.717, 1.165) is 28.3 Å².